The van der Waals surface area contributed by atoms with E-state index in [0.29, 0.717) is 29.6 Å². The van der Waals surface area contributed by atoms with Gasteiger partial charge >= 0.3 is 0 Å². The molecule has 1 aliphatic rings. The lowest BCUT2D eigenvalue weighted by atomic mass is 10.2. The van der Waals surface area contributed by atoms with Crippen molar-refractivity contribution >= 4 is 43.9 Å². The maximum Gasteiger partial charge on any atom is 0.251 e. The summed E-state index contributed by atoms with van der Waals surface area (Å²) in [5.41, 5.74) is 1.83. The summed E-state index contributed by atoms with van der Waals surface area (Å²) in [4.78, 5) is 16.6. The number of benzene rings is 1. The minimum absolute atomic E-state index is 0.128. The first-order chi connectivity index (χ1) is 13.8. The normalized spacial score (nSPS) is 16.0. The first-order valence-electron chi connectivity index (χ1n) is 9.73. The zero-order chi connectivity index (χ0) is 20.8. The number of hydrogen-bond acceptors (Lipinski definition) is 6. The Morgan fingerprint density at radius 3 is 2.55 bits per heavy atom. The highest BCUT2D eigenvalue weighted by molar-refractivity contribution is 7.89. The van der Waals surface area contributed by atoms with Gasteiger partial charge in [0.2, 0.25) is 15.9 Å². The van der Waals surface area contributed by atoms with E-state index in [9.17, 15) is 13.2 Å². The maximum atomic E-state index is 13.0. The lowest BCUT2D eigenvalue weighted by Crippen LogP contribution is -2.35. The lowest BCUT2D eigenvalue weighted by molar-refractivity contribution is -0.118. The number of fused-ring (bicyclic) bond motifs is 3. The van der Waals surface area contributed by atoms with Gasteiger partial charge in [-0.3, -0.25) is 10.1 Å². The molecule has 1 aliphatic heterocycles. The fraction of sp³-hybridized carbons (Fsp3) is 0.474. The number of piperidine rings is 1. The van der Waals surface area contributed by atoms with Gasteiger partial charge in [-0.1, -0.05) is 20.3 Å². The SMILES string of the molecule is CC(C)C(=O)Nc1nnc2c3cc(S(=O)(=O)N4CCCCC4)ccc3n(C)c2n1. The second kappa shape index (κ2) is 7.34. The van der Waals surface area contributed by atoms with Crippen LogP contribution in [-0.4, -0.2) is 51.5 Å². The number of aryl methyl sites for hydroxylation is 1. The van der Waals surface area contributed by atoms with Gasteiger partial charge in [0, 0.05) is 31.4 Å². The molecule has 154 valence electrons. The molecule has 10 heteroatoms. The van der Waals surface area contributed by atoms with Gasteiger partial charge in [-0.2, -0.15) is 9.29 Å². The predicted molar refractivity (Wildman–Crippen MR) is 110 cm³/mol. The summed E-state index contributed by atoms with van der Waals surface area (Å²) < 4.78 is 29.4. The topological polar surface area (TPSA) is 110 Å². The Hall–Kier alpha value is -2.59. The van der Waals surface area contributed by atoms with Gasteiger partial charge in [0.1, 0.15) is 5.52 Å². The Morgan fingerprint density at radius 2 is 1.86 bits per heavy atom. The van der Waals surface area contributed by atoms with Gasteiger partial charge < -0.3 is 4.57 Å². The smallest absolute Gasteiger partial charge is 0.251 e. The van der Waals surface area contributed by atoms with Crippen molar-refractivity contribution in [1.82, 2.24) is 24.1 Å². The molecule has 1 fully saturated rings. The van der Waals surface area contributed by atoms with Gasteiger partial charge in [-0.05, 0) is 31.0 Å². The molecule has 1 saturated heterocycles. The summed E-state index contributed by atoms with van der Waals surface area (Å²) in [6, 6.07) is 5.03. The van der Waals surface area contributed by atoms with Gasteiger partial charge in [-0.15, -0.1) is 10.2 Å². The number of sulfonamides is 1. The van der Waals surface area contributed by atoms with Gasteiger partial charge in [0.25, 0.3) is 5.95 Å². The second-order valence-corrected chi connectivity index (χ2v) is 9.59. The minimum Gasteiger partial charge on any atom is -0.327 e. The summed E-state index contributed by atoms with van der Waals surface area (Å²) >= 11 is 0. The second-order valence-electron chi connectivity index (χ2n) is 7.65. The molecule has 4 rings (SSSR count). The summed E-state index contributed by atoms with van der Waals surface area (Å²) in [6.45, 7) is 4.66. The van der Waals surface area contributed by atoms with Crippen LogP contribution in [0.25, 0.3) is 22.1 Å². The van der Waals surface area contributed by atoms with Crippen LogP contribution >= 0.6 is 0 Å². The molecule has 0 unspecified atom stereocenters. The van der Waals surface area contributed by atoms with Crippen molar-refractivity contribution < 1.29 is 13.2 Å². The standard InChI is InChI=1S/C19H24N6O3S/c1-12(2)18(26)21-19-20-17-16(22-23-19)14-11-13(7-8-15(14)24(17)3)29(27,28)25-9-5-4-6-10-25/h7-8,11-12H,4-6,9-10H2,1-3H3,(H,20,21,23,26). The van der Waals surface area contributed by atoms with Crippen molar-refractivity contribution in [3.8, 4) is 0 Å². The van der Waals surface area contributed by atoms with E-state index in [4.69, 9.17) is 0 Å². The number of hydrogen-bond donors (Lipinski definition) is 1. The zero-order valence-electron chi connectivity index (χ0n) is 16.7. The summed E-state index contributed by atoms with van der Waals surface area (Å²) in [5, 5.41) is 11.5. The highest BCUT2D eigenvalue weighted by atomic mass is 32.2. The molecule has 0 radical (unpaired) electrons. The molecule has 0 saturated carbocycles. The first-order valence-corrected chi connectivity index (χ1v) is 11.2. The highest BCUT2D eigenvalue weighted by Crippen LogP contribution is 2.29. The van der Waals surface area contributed by atoms with Crippen LogP contribution in [0, 0.1) is 5.92 Å². The third kappa shape index (κ3) is 3.46. The summed E-state index contributed by atoms with van der Waals surface area (Å²) in [5.74, 6) is -0.271. The van der Waals surface area contributed by atoms with E-state index in [1.807, 2.05) is 11.6 Å². The average Bonchev–Trinajstić information content (AvgIpc) is 3.00. The lowest BCUT2D eigenvalue weighted by Gasteiger charge is -2.25. The van der Waals surface area contributed by atoms with Crippen molar-refractivity contribution in [2.45, 2.75) is 38.0 Å². The fourth-order valence-electron chi connectivity index (χ4n) is 3.56. The number of nitrogens with zero attached hydrogens (tertiary/aromatic N) is 5. The third-order valence-corrected chi connectivity index (χ3v) is 7.18. The van der Waals surface area contributed by atoms with Crippen LogP contribution in [0.5, 0.6) is 0 Å². The van der Waals surface area contributed by atoms with Crippen LogP contribution in [0.15, 0.2) is 23.1 Å². The Bertz CT molecular complexity index is 1200. The van der Waals surface area contributed by atoms with Crippen molar-refractivity contribution in [1.29, 1.82) is 0 Å². The molecule has 9 nitrogen and oxygen atoms in total. The van der Waals surface area contributed by atoms with E-state index in [2.05, 4.69) is 20.5 Å². The van der Waals surface area contributed by atoms with E-state index in [0.717, 1.165) is 24.8 Å². The summed E-state index contributed by atoms with van der Waals surface area (Å²) in [7, 11) is -1.72. The van der Waals surface area contributed by atoms with Crippen LogP contribution in [0.2, 0.25) is 0 Å². The molecule has 0 bridgehead atoms. The molecule has 1 amide bonds. The number of anilines is 1. The van der Waals surface area contributed by atoms with E-state index in [-0.39, 0.29) is 22.7 Å². The van der Waals surface area contributed by atoms with Gasteiger partial charge in [-0.25, -0.2) is 8.42 Å². The van der Waals surface area contributed by atoms with Crippen LogP contribution in [-0.2, 0) is 21.9 Å². The molecule has 1 N–H and O–H groups in total. The largest absolute Gasteiger partial charge is 0.327 e. The van der Waals surface area contributed by atoms with Crippen molar-refractivity contribution in [2.75, 3.05) is 18.4 Å². The number of rotatable bonds is 4. The van der Waals surface area contributed by atoms with Gasteiger partial charge in [0.15, 0.2) is 5.65 Å². The number of amides is 1. The monoisotopic (exact) mass is 416 g/mol. The predicted octanol–water partition coefficient (Wildman–Crippen LogP) is 2.29. The van der Waals surface area contributed by atoms with Crippen molar-refractivity contribution in [3.05, 3.63) is 18.2 Å². The van der Waals surface area contributed by atoms with E-state index in [1.165, 1.54) is 0 Å². The number of carbonyl (C=O) groups is 1. The number of carbonyl (C=O) groups excluding carboxylic acids is 1. The Labute approximate surface area is 169 Å². The van der Waals surface area contributed by atoms with Crippen LogP contribution in [0.3, 0.4) is 0 Å². The fourth-order valence-corrected chi connectivity index (χ4v) is 5.10. The molecular weight excluding hydrogens is 392 g/mol. The van der Waals surface area contributed by atoms with Crippen molar-refractivity contribution in [3.63, 3.8) is 0 Å². The van der Waals surface area contributed by atoms with E-state index in [1.54, 1.807) is 36.4 Å². The molecule has 0 spiro atoms. The molecular formula is C19H24N6O3S. The third-order valence-electron chi connectivity index (χ3n) is 5.28. The number of aromatic nitrogens is 4. The molecule has 0 aliphatic carbocycles. The Kier molecular flexibility index (Phi) is 4.99. The Morgan fingerprint density at radius 1 is 1.14 bits per heavy atom. The quantitative estimate of drug-likeness (QED) is 0.699. The van der Waals surface area contributed by atoms with Crippen LogP contribution < -0.4 is 5.32 Å². The van der Waals surface area contributed by atoms with Crippen LogP contribution in [0.1, 0.15) is 33.1 Å². The van der Waals surface area contributed by atoms with E-state index >= 15 is 0 Å². The molecule has 29 heavy (non-hydrogen) atoms. The molecule has 0 atom stereocenters. The highest BCUT2D eigenvalue weighted by Gasteiger charge is 2.27. The molecule has 3 heterocycles. The Balaban J connectivity index is 1.78. The average molecular weight is 417 g/mol. The number of nitrogens with one attached hydrogen (secondary N) is 1. The molecule has 3 aromatic rings. The minimum atomic E-state index is -3.55. The van der Waals surface area contributed by atoms with Crippen molar-refractivity contribution in [2.24, 2.45) is 13.0 Å². The summed E-state index contributed by atoms with van der Waals surface area (Å²) in [6.07, 6.45) is 2.83. The van der Waals surface area contributed by atoms with Crippen LogP contribution in [0.4, 0.5) is 5.95 Å². The van der Waals surface area contributed by atoms with E-state index < -0.39 is 10.0 Å². The molecule has 1 aromatic carbocycles. The zero-order valence-corrected chi connectivity index (χ0v) is 17.5. The first kappa shape index (κ1) is 19.7. The van der Waals surface area contributed by atoms with Gasteiger partial charge in [0.05, 0.1) is 10.4 Å². The maximum absolute atomic E-state index is 13.0. The molecule has 2 aromatic heterocycles.